The van der Waals surface area contributed by atoms with Crippen molar-refractivity contribution in [1.82, 2.24) is 30.2 Å². The maximum Gasteiger partial charge on any atom is 0.471 e. The second-order valence-corrected chi connectivity index (χ2v) is 11.9. The first-order valence-electron chi connectivity index (χ1n) is 13.9. The summed E-state index contributed by atoms with van der Waals surface area (Å²) in [5.74, 6) is -2.72. The molecule has 2 fully saturated rings. The molecule has 3 aliphatic heterocycles. The fourth-order valence-electron chi connectivity index (χ4n) is 6.18. The molecule has 0 saturated carbocycles. The Kier molecular flexibility index (Phi) is 6.88. The first kappa shape index (κ1) is 28.9. The maximum absolute atomic E-state index is 13.1. The van der Waals surface area contributed by atoms with E-state index in [1.54, 1.807) is 36.4 Å². The van der Waals surface area contributed by atoms with Gasteiger partial charge in [-0.05, 0) is 30.5 Å². The quantitative estimate of drug-likeness (QED) is 0.424. The van der Waals surface area contributed by atoms with E-state index in [1.807, 2.05) is 13.8 Å². The van der Waals surface area contributed by atoms with Crippen molar-refractivity contribution >= 4 is 17.7 Å². The van der Waals surface area contributed by atoms with E-state index in [9.17, 15) is 32.7 Å². The standard InChI is InChI=1S/C29H29F3N6O5/c1-27(2)15-37(13-16-3-5-17(6-4-16)23-35-26(43-36-23)29(30,31)32)12-11-28(27,42)21-9-7-18-19(33-21)14-38(25(18)41)20-8-10-22(39)34-24(20)40/h3-7,9,20,42H,8,10-15H2,1-2H3,(H,34,39,40)/t20?,28-/m0/s1. The molecule has 2 N–H and O–H groups in total. The van der Waals surface area contributed by atoms with Crippen LogP contribution in [0.3, 0.4) is 0 Å². The summed E-state index contributed by atoms with van der Waals surface area (Å²) in [6.45, 7) is 5.63. The topological polar surface area (TPSA) is 142 Å². The number of halogens is 3. The molecule has 2 aromatic heterocycles. The Balaban J connectivity index is 1.13. The van der Waals surface area contributed by atoms with Crippen molar-refractivity contribution in [3.63, 3.8) is 0 Å². The van der Waals surface area contributed by atoms with Gasteiger partial charge in [0.2, 0.25) is 17.6 Å². The first-order valence-corrected chi connectivity index (χ1v) is 13.9. The molecule has 0 aliphatic carbocycles. The number of fused-ring (bicyclic) bond motifs is 1. The molecule has 0 spiro atoms. The number of carbonyl (C=O) groups is 3. The summed E-state index contributed by atoms with van der Waals surface area (Å²) >= 11 is 0. The molecule has 0 radical (unpaired) electrons. The summed E-state index contributed by atoms with van der Waals surface area (Å²) in [6.07, 6.45) is -3.93. The molecule has 2 atom stereocenters. The Morgan fingerprint density at radius 1 is 1.09 bits per heavy atom. The van der Waals surface area contributed by atoms with Gasteiger partial charge in [-0.15, -0.1) is 0 Å². The molecule has 3 amide bonds. The number of nitrogens with one attached hydrogen (secondary N) is 1. The lowest BCUT2D eigenvalue weighted by molar-refractivity contribution is -0.159. The predicted octanol–water partition coefficient (Wildman–Crippen LogP) is 3.03. The van der Waals surface area contributed by atoms with E-state index in [-0.39, 0.29) is 37.0 Å². The Bertz CT molecular complexity index is 1600. The lowest BCUT2D eigenvalue weighted by Gasteiger charge is -2.50. The molecular formula is C29H29F3N6O5. The zero-order valence-electron chi connectivity index (χ0n) is 23.4. The van der Waals surface area contributed by atoms with Gasteiger partial charge >= 0.3 is 12.1 Å². The highest BCUT2D eigenvalue weighted by Crippen LogP contribution is 2.46. The highest BCUT2D eigenvalue weighted by Gasteiger charge is 2.50. The number of likely N-dealkylation sites (tertiary alicyclic amines) is 1. The third kappa shape index (κ3) is 5.18. The fraction of sp³-hybridized carbons (Fsp3) is 0.448. The molecular weight excluding hydrogens is 569 g/mol. The molecule has 11 nitrogen and oxygen atoms in total. The Hall–Kier alpha value is -4.17. The van der Waals surface area contributed by atoms with Gasteiger partial charge in [0.1, 0.15) is 11.6 Å². The average Bonchev–Trinajstić information content (AvgIpc) is 3.57. The number of hydrogen-bond donors (Lipinski definition) is 2. The van der Waals surface area contributed by atoms with Crippen LogP contribution in [0, 0.1) is 5.41 Å². The van der Waals surface area contributed by atoms with E-state index in [1.165, 1.54) is 4.90 Å². The van der Waals surface area contributed by atoms with Crippen LogP contribution in [0.1, 0.15) is 66.3 Å². The summed E-state index contributed by atoms with van der Waals surface area (Å²) in [5, 5.41) is 17.7. The molecule has 226 valence electrons. The van der Waals surface area contributed by atoms with Crippen molar-refractivity contribution in [2.24, 2.45) is 5.41 Å². The molecule has 2 saturated heterocycles. The molecule has 1 unspecified atom stereocenters. The third-order valence-electron chi connectivity index (χ3n) is 8.61. The lowest BCUT2D eigenvalue weighted by Crippen LogP contribution is -2.55. The van der Waals surface area contributed by atoms with Crippen LogP contribution in [0.5, 0.6) is 0 Å². The SMILES string of the molecule is CC1(C)CN(Cc2ccc(-c3noc(C(F)(F)F)n3)cc2)CC[C@]1(O)c1ccc2c(n1)CN(C1CCC(=O)NC1=O)C2=O. The van der Waals surface area contributed by atoms with E-state index >= 15 is 0 Å². The van der Waals surface area contributed by atoms with Crippen LogP contribution in [-0.4, -0.2) is 66.9 Å². The van der Waals surface area contributed by atoms with Gasteiger partial charge in [-0.2, -0.15) is 18.2 Å². The van der Waals surface area contributed by atoms with Gasteiger partial charge < -0.3 is 14.5 Å². The van der Waals surface area contributed by atoms with Gasteiger partial charge in [0.15, 0.2) is 0 Å². The van der Waals surface area contributed by atoms with Crippen molar-refractivity contribution in [1.29, 1.82) is 0 Å². The van der Waals surface area contributed by atoms with Gasteiger partial charge in [-0.25, -0.2) is 0 Å². The number of alkyl halides is 3. The molecule has 43 heavy (non-hydrogen) atoms. The zero-order valence-corrected chi connectivity index (χ0v) is 23.4. The molecule has 3 aromatic rings. The van der Waals surface area contributed by atoms with Crippen LogP contribution >= 0.6 is 0 Å². The van der Waals surface area contributed by atoms with Gasteiger partial charge in [0.05, 0.1) is 23.5 Å². The van der Waals surface area contributed by atoms with Crippen LogP contribution in [0.4, 0.5) is 13.2 Å². The van der Waals surface area contributed by atoms with Crippen molar-refractivity contribution < 1.29 is 37.2 Å². The number of benzene rings is 1. The van der Waals surface area contributed by atoms with E-state index in [0.717, 1.165) is 5.56 Å². The highest BCUT2D eigenvalue weighted by molar-refractivity contribution is 6.05. The number of rotatable bonds is 5. The van der Waals surface area contributed by atoms with Crippen LogP contribution in [0.2, 0.25) is 0 Å². The monoisotopic (exact) mass is 598 g/mol. The maximum atomic E-state index is 13.1. The first-order chi connectivity index (χ1) is 20.2. The molecule has 3 aliphatic rings. The molecule has 1 aromatic carbocycles. The molecule has 0 bridgehead atoms. The van der Waals surface area contributed by atoms with E-state index in [2.05, 4.69) is 24.9 Å². The summed E-state index contributed by atoms with van der Waals surface area (Å²) in [5.41, 5.74) is 0.714. The Labute approximate surface area is 244 Å². The number of pyridine rings is 1. The molecule has 5 heterocycles. The van der Waals surface area contributed by atoms with Crippen LogP contribution in [-0.2, 0) is 34.5 Å². The number of carbonyl (C=O) groups excluding carboxylic acids is 3. The number of hydrogen-bond acceptors (Lipinski definition) is 9. The molecule has 14 heteroatoms. The van der Waals surface area contributed by atoms with Crippen molar-refractivity contribution in [2.45, 2.75) is 64.0 Å². The highest BCUT2D eigenvalue weighted by atomic mass is 19.4. The van der Waals surface area contributed by atoms with Crippen molar-refractivity contribution in [2.75, 3.05) is 13.1 Å². The lowest BCUT2D eigenvalue weighted by atomic mass is 9.68. The number of aliphatic hydroxyl groups is 1. The average molecular weight is 599 g/mol. The minimum atomic E-state index is -4.71. The fourth-order valence-corrected chi connectivity index (χ4v) is 6.18. The smallest absolute Gasteiger partial charge is 0.383 e. The summed E-state index contributed by atoms with van der Waals surface area (Å²) in [6, 6.07) is 9.43. The third-order valence-corrected chi connectivity index (χ3v) is 8.61. The zero-order chi connectivity index (χ0) is 30.7. The van der Waals surface area contributed by atoms with Gasteiger partial charge in [0.25, 0.3) is 5.91 Å². The van der Waals surface area contributed by atoms with Crippen LogP contribution < -0.4 is 5.32 Å². The number of aromatic nitrogens is 3. The van der Waals surface area contributed by atoms with E-state index in [4.69, 9.17) is 4.98 Å². The second kappa shape index (κ2) is 10.2. The summed E-state index contributed by atoms with van der Waals surface area (Å²) in [7, 11) is 0. The van der Waals surface area contributed by atoms with Crippen LogP contribution in [0.25, 0.3) is 11.4 Å². The van der Waals surface area contributed by atoms with E-state index in [0.29, 0.717) is 48.6 Å². The van der Waals surface area contributed by atoms with Crippen molar-refractivity contribution in [3.05, 3.63) is 64.8 Å². The Morgan fingerprint density at radius 3 is 2.49 bits per heavy atom. The normalized spacial score (nSPS) is 24.3. The number of piperidine rings is 2. The summed E-state index contributed by atoms with van der Waals surface area (Å²) in [4.78, 5) is 48.8. The molecule has 6 rings (SSSR count). The van der Waals surface area contributed by atoms with E-state index < -0.39 is 35.0 Å². The van der Waals surface area contributed by atoms with Crippen LogP contribution in [0.15, 0.2) is 40.9 Å². The minimum absolute atomic E-state index is 0.119. The number of imide groups is 1. The second-order valence-electron chi connectivity index (χ2n) is 11.9. The largest absolute Gasteiger partial charge is 0.471 e. The minimum Gasteiger partial charge on any atom is -0.383 e. The van der Waals surface area contributed by atoms with Gasteiger partial charge in [-0.1, -0.05) is 43.3 Å². The number of nitrogens with zero attached hydrogens (tertiary/aromatic N) is 5. The van der Waals surface area contributed by atoms with Gasteiger partial charge in [0, 0.05) is 37.0 Å². The van der Waals surface area contributed by atoms with Crippen molar-refractivity contribution in [3.8, 4) is 11.4 Å². The van der Waals surface area contributed by atoms with Gasteiger partial charge in [-0.3, -0.25) is 29.6 Å². The Morgan fingerprint density at radius 2 is 1.84 bits per heavy atom. The summed E-state index contributed by atoms with van der Waals surface area (Å²) < 4.78 is 42.7. The predicted molar refractivity (Wildman–Crippen MR) is 143 cm³/mol. The number of amides is 3.